The lowest BCUT2D eigenvalue weighted by atomic mass is 10.1. The molecule has 1 unspecified atom stereocenters. The van der Waals surface area contributed by atoms with Gasteiger partial charge in [0, 0.05) is 25.2 Å². The lowest BCUT2D eigenvalue weighted by molar-refractivity contribution is 0.182. The first-order valence-electron chi connectivity index (χ1n) is 7.92. The molecule has 2 heterocycles. The number of nitrogens with zero attached hydrogens (tertiary/aromatic N) is 2. The highest BCUT2D eigenvalue weighted by atomic mass is 32.1. The average Bonchev–Trinajstić information content (AvgIpc) is 2.51. The first-order valence-corrected chi connectivity index (χ1v) is 8.32. The minimum Gasteiger partial charge on any atom is -0.487 e. The van der Waals surface area contributed by atoms with Crippen molar-refractivity contribution in [3.63, 3.8) is 0 Å². The van der Waals surface area contributed by atoms with Crippen molar-refractivity contribution in [3.8, 4) is 5.75 Å². The molecular formula is C16H25N3O2S. The summed E-state index contributed by atoms with van der Waals surface area (Å²) in [4.78, 5) is 15.2. The molecule has 6 heteroatoms. The maximum atomic E-state index is 12.3. The molecule has 2 N–H and O–H groups in total. The largest absolute Gasteiger partial charge is 0.487 e. The summed E-state index contributed by atoms with van der Waals surface area (Å²) in [5.74, 6) is 0.381. The standard InChI is InChI=1S/C16H25N3O2S/c1-13(15(17)22)12-19-9-5-6-14(16(19)20)21-11-10-18-7-3-2-4-8-18/h5-6,9,13H,2-4,7-8,10-12H2,1H3,(H2,17,22). The molecule has 0 amide bonds. The molecule has 0 aromatic carbocycles. The number of nitrogens with two attached hydrogens (primary N) is 1. The molecule has 0 radical (unpaired) electrons. The molecule has 1 aliphatic rings. The Morgan fingerprint density at radius 2 is 2.14 bits per heavy atom. The SMILES string of the molecule is CC(Cn1cccc(OCCN2CCCCC2)c1=O)C(N)=S. The Hall–Kier alpha value is -1.40. The maximum Gasteiger partial charge on any atom is 0.292 e. The molecule has 0 saturated carbocycles. The second kappa shape index (κ2) is 8.29. The molecule has 0 spiro atoms. The molecule has 1 fully saturated rings. The maximum absolute atomic E-state index is 12.3. The molecule has 0 bridgehead atoms. The van der Waals surface area contributed by atoms with Crippen LogP contribution in [0.15, 0.2) is 23.1 Å². The second-order valence-electron chi connectivity index (χ2n) is 5.88. The van der Waals surface area contributed by atoms with Crippen molar-refractivity contribution in [2.45, 2.75) is 32.7 Å². The number of pyridine rings is 1. The predicted molar refractivity (Wildman–Crippen MR) is 92.4 cm³/mol. The van der Waals surface area contributed by atoms with Gasteiger partial charge in [-0.25, -0.2) is 0 Å². The third kappa shape index (κ3) is 4.81. The summed E-state index contributed by atoms with van der Waals surface area (Å²) in [6.45, 7) is 6.08. The Balaban J connectivity index is 1.90. The second-order valence-corrected chi connectivity index (χ2v) is 6.36. The van der Waals surface area contributed by atoms with E-state index < -0.39 is 0 Å². The van der Waals surface area contributed by atoms with E-state index in [9.17, 15) is 4.79 Å². The summed E-state index contributed by atoms with van der Waals surface area (Å²) in [5, 5.41) is 0. The van der Waals surface area contributed by atoms with Crippen molar-refractivity contribution >= 4 is 17.2 Å². The van der Waals surface area contributed by atoms with Crippen molar-refractivity contribution in [2.24, 2.45) is 11.7 Å². The smallest absolute Gasteiger partial charge is 0.292 e. The highest BCUT2D eigenvalue weighted by Gasteiger charge is 2.12. The van der Waals surface area contributed by atoms with Gasteiger partial charge in [-0.2, -0.15) is 0 Å². The van der Waals surface area contributed by atoms with Gasteiger partial charge in [-0.3, -0.25) is 9.69 Å². The van der Waals surface area contributed by atoms with Gasteiger partial charge in [0.25, 0.3) is 5.56 Å². The normalized spacial score (nSPS) is 17.1. The third-order valence-electron chi connectivity index (χ3n) is 4.06. The fourth-order valence-corrected chi connectivity index (χ4v) is 2.70. The van der Waals surface area contributed by atoms with Gasteiger partial charge in [0.2, 0.25) is 0 Å². The van der Waals surface area contributed by atoms with Gasteiger partial charge >= 0.3 is 0 Å². The molecular weight excluding hydrogens is 298 g/mol. The zero-order valence-corrected chi connectivity index (χ0v) is 14.0. The van der Waals surface area contributed by atoms with Gasteiger partial charge in [0.1, 0.15) is 6.61 Å². The monoisotopic (exact) mass is 323 g/mol. The lowest BCUT2D eigenvalue weighted by Gasteiger charge is -2.26. The van der Waals surface area contributed by atoms with Crippen molar-refractivity contribution < 1.29 is 4.74 Å². The minimum absolute atomic E-state index is 0.0173. The van der Waals surface area contributed by atoms with E-state index in [2.05, 4.69) is 4.90 Å². The Kier molecular flexibility index (Phi) is 6.39. The Bertz CT molecular complexity index is 553. The first-order chi connectivity index (χ1) is 10.6. The van der Waals surface area contributed by atoms with E-state index in [1.807, 2.05) is 13.0 Å². The van der Waals surface area contributed by atoms with Crippen molar-refractivity contribution in [3.05, 3.63) is 28.7 Å². The third-order valence-corrected chi connectivity index (χ3v) is 4.46. The van der Waals surface area contributed by atoms with Gasteiger partial charge in [-0.1, -0.05) is 25.6 Å². The molecule has 1 atom stereocenters. The van der Waals surface area contributed by atoms with Crippen LogP contribution in [0.3, 0.4) is 0 Å². The van der Waals surface area contributed by atoms with Crippen molar-refractivity contribution in [1.82, 2.24) is 9.47 Å². The number of ether oxygens (including phenoxy) is 1. The number of aromatic nitrogens is 1. The highest BCUT2D eigenvalue weighted by molar-refractivity contribution is 7.80. The fraction of sp³-hybridized carbons (Fsp3) is 0.625. The number of likely N-dealkylation sites (tertiary alicyclic amines) is 1. The lowest BCUT2D eigenvalue weighted by Crippen LogP contribution is -2.34. The van der Waals surface area contributed by atoms with Crippen molar-refractivity contribution in [2.75, 3.05) is 26.2 Å². The van der Waals surface area contributed by atoms with Crippen LogP contribution >= 0.6 is 12.2 Å². The highest BCUT2D eigenvalue weighted by Crippen LogP contribution is 2.09. The Labute approximate surface area is 137 Å². The van der Waals surface area contributed by atoms with Crippen LogP contribution in [0.25, 0.3) is 0 Å². The molecule has 1 aromatic rings. The van der Waals surface area contributed by atoms with Gasteiger partial charge < -0.3 is 15.0 Å². The zero-order valence-electron chi connectivity index (χ0n) is 13.2. The van der Waals surface area contributed by atoms with Crippen LogP contribution in [0.5, 0.6) is 5.75 Å². The van der Waals surface area contributed by atoms with E-state index >= 15 is 0 Å². The van der Waals surface area contributed by atoms with E-state index in [0.29, 0.717) is 23.9 Å². The van der Waals surface area contributed by atoms with Crippen molar-refractivity contribution in [1.29, 1.82) is 0 Å². The van der Waals surface area contributed by atoms with E-state index in [1.54, 1.807) is 16.8 Å². The summed E-state index contributed by atoms with van der Waals surface area (Å²) >= 11 is 4.96. The van der Waals surface area contributed by atoms with Gasteiger partial charge in [-0.05, 0) is 38.1 Å². The molecule has 1 saturated heterocycles. The number of piperidine rings is 1. The van der Waals surface area contributed by atoms with E-state index in [4.69, 9.17) is 22.7 Å². The minimum atomic E-state index is -0.121. The Morgan fingerprint density at radius 3 is 2.82 bits per heavy atom. The Morgan fingerprint density at radius 1 is 1.41 bits per heavy atom. The van der Waals surface area contributed by atoms with E-state index in [-0.39, 0.29) is 11.5 Å². The summed E-state index contributed by atoms with van der Waals surface area (Å²) < 4.78 is 7.29. The molecule has 122 valence electrons. The van der Waals surface area contributed by atoms with Gasteiger partial charge in [0.05, 0.1) is 4.99 Å². The zero-order chi connectivity index (χ0) is 15.9. The van der Waals surface area contributed by atoms with Crippen LogP contribution in [0.1, 0.15) is 26.2 Å². The first kappa shape index (κ1) is 17.0. The van der Waals surface area contributed by atoms with Crippen LogP contribution in [-0.2, 0) is 6.54 Å². The summed E-state index contributed by atoms with van der Waals surface area (Å²) in [7, 11) is 0. The summed E-state index contributed by atoms with van der Waals surface area (Å²) in [6.07, 6.45) is 5.58. The molecule has 22 heavy (non-hydrogen) atoms. The van der Waals surface area contributed by atoms with E-state index in [1.165, 1.54) is 19.3 Å². The van der Waals surface area contributed by atoms with Gasteiger partial charge in [0.15, 0.2) is 5.75 Å². The number of rotatable bonds is 7. The molecule has 0 aliphatic carbocycles. The average molecular weight is 323 g/mol. The van der Waals surface area contributed by atoms with E-state index in [0.717, 1.165) is 19.6 Å². The topological polar surface area (TPSA) is 60.5 Å². The predicted octanol–water partition coefficient (Wildman–Crippen LogP) is 1.64. The quantitative estimate of drug-likeness (QED) is 0.773. The van der Waals surface area contributed by atoms with Crippen LogP contribution in [0.2, 0.25) is 0 Å². The summed E-state index contributed by atoms with van der Waals surface area (Å²) in [6, 6.07) is 3.55. The number of hydrogen-bond acceptors (Lipinski definition) is 4. The van der Waals surface area contributed by atoms with Crippen LogP contribution in [-0.4, -0.2) is 40.7 Å². The number of thiocarbonyl (C=S) groups is 1. The van der Waals surface area contributed by atoms with Gasteiger partial charge in [-0.15, -0.1) is 0 Å². The van der Waals surface area contributed by atoms with Crippen LogP contribution < -0.4 is 16.0 Å². The molecule has 5 nitrogen and oxygen atoms in total. The molecule has 2 rings (SSSR count). The fourth-order valence-electron chi connectivity index (χ4n) is 2.62. The van der Waals surface area contributed by atoms with Crippen LogP contribution in [0, 0.1) is 5.92 Å². The van der Waals surface area contributed by atoms with Crippen LogP contribution in [0.4, 0.5) is 0 Å². The summed E-state index contributed by atoms with van der Waals surface area (Å²) in [5.41, 5.74) is 5.49. The molecule has 1 aromatic heterocycles. The number of hydrogen-bond donors (Lipinski definition) is 1. The molecule has 1 aliphatic heterocycles.